The lowest BCUT2D eigenvalue weighted by Crippen LogP contribution is -2.35. The third-order valence-electron chi connectivity index (χ3n) is 3.79. The zero-order chi connectivity index (χ0) is 20.2. The molecule has 2 rings (SSSR count). The van der Waals surface area contributed by atoms with Crippen molar-refractivity contribution >= 4 is 27.4 Å². The van der Waals surface area contributed by atoms with Crippen molar-refractivity contribution in [2.75, 3.05) is 14.1 Å². The average Bonchev–Trinajstić information content (AvgIpc) is 3.07. The van der Waals surface area contributed by atoms with E-state index in [-0.39, 0.29) is 22.9 Å². The minimum atomic E-state index is -3.57. The molecule has 1 aromatic carbocycles. The fourth-order valence-corrected chi connectivity index (χ4v) is 4.26. The number of nitrogens with one attached hydrogen (secondary N) is 2. The summed E-state index contributed by atoms with van der Waals surface area (Å²) in [5, 5.41) is 8.40. The number of carbonyl (C=O) groups excluding carboxylic acids is 1. The van der Waals surface area contributed by atoms with Gasteiger partial charge in [0.2, 0.25) is 10.0 Å². The predicted octanol–water partition coefficient (Wildman–Crippen LogP) is 2.69. The van der Waals surface area contributed by atoms with Crippen LogP contribution < -0.4 is 10.6 Å². The van der Waals surface area contributed by atoms with E-state index in [4.69, 9.17) is 0 Å². The van der Waals surface area contributed by atoms with Crippen molar-refractivity contribution in [3.8, 4) is 0 Å². The lowest BCUT2D eigenvalue weighted by atomic mass is 9.98. The lowest BCUT2D eigenvalue weighted by molar-refractivity contribution is 0.240. The Kier molecular flexibility index (Phi) is 6.61. The van der Waals surface area contributed by atoms with Gasteiger partial charge in [-0.1, -0.05) is 39.0 Å². The molecule has 148 valence electrons. The van der Waals surface area contributed by atoms with Crippen LogP contribution in [-0.2, 0) is 28.5 Å². The molecule has 1 heterocycles. The van der Waals surface area contributed by atoms with E-state index in [2.05, 4.69) is 36.4 Å². The SMILES string of the molecule is CN(C)S(=O)(=O)c1ccccc1CNC(=O)NCc1csc(C(C)(C)C)n1. The zero-order valence-corrected chi connectivity index (χ0v) is 17.9. The van der Waals surface area contributed by atoms with Crippen LogP contribution in [0, 0.1) is 0 Å². The van der Waals surface area contributed by atoms with Gasteiger partial charge in [-0.15, -0.1) is 11.3 Å². The molecule has 0 atom stereocenters. The van der Waals surface area contributed by atoms with Crippen LogP contribution in [0.5, 0.6) is 0 Å². The van der Waals surface area contributed by atoms with Gasteiger partial charge in [0.15, 0.2) is 0 Å². The van der Waals surface area contributed by atoms with Crippen LogP contribution in [0.25, 0.3) is 0 Å². The zero-order valence-electron chi connectivity index (χ0n) is 16.2. The number of thiazole rings is 1. The predicted molar refractivity (Wildman–Crippen MR) is 107 cm³/mol. The molecule has 27 heavy (non-hydrogen) atoms. The second-order valence-electron chi connectivity index (χ2n) is 7.33. The second kappa shape index (κ2) is 8.37. The summed E-state index contributed by atoms with van der Waals surface area (Å²) in [5.41, 5.74) is 1.31. The van der Waals surface area contributed by atoms with E-state index in [0.29, 0.717) is 12.1 Å². The summed E-state index contributed by atoms with van der Waals surface area (Å²) in [4.78, 5) is 16.8. The van der Waals surface area contributed by atoms with Gasteiger partial charge in [-0.2, -0.15) is 0 Å². The Bertz CT molecular complexity index is 899. The van der Waals surface area contributed by atoms with Crippen LogP contribution in [0.3, 0.4) is 0 Å². The molecule has 0 saturated carbocycles. The van der Waals surface area contributed by atoms with E-state index in [0.717, 1.165) is 15.0 Å². The highest BCUT2D eigenvalue weighted by Crippen LogP contribution is 2.25. The van der Waals surface area contributed by atoms with Gasteiger partial charge in [-0.05, 0) is 11.6 Å². The largest absolute Gasteiger partial charge is 0.334 e. The van der Waals surface area contributed by atoms with Gasteiger partial charge >= 0.3 is 6.03 Å². The topological polar surface area (TPSA) is 91.4 Å². The second-order valence-corrected chi connectivity index (χ2v) is 10.3. The van der Waals surface area contributed by atoms with Crippen LogP contribution in [0.15, 0.2) is 34.5 Å². The molecule has 2 aromatic rings. The van der Waals surface area contributed by atoms with Crippen molar-refractivity contribution in [1.82, 2.24) is 19.9 Å². The highest BCUT2D eigenvalue weighted by atomic mass is 32.2. The van der Waals surface area contributed by atoms with Crippen molar-refractivity contribution in [2.45, 2.75) is 44.2 Å². The third kappa shape index (κ3) is 5.50. The average molecular weight is 411 g/mol. The van der Waals surface area contributed by atoms with Crippen molar-refractivity contribution < 1.29 is 13.2 Å². The van der Waals surface area contributed by atoms with Crippen molar-refractivity contribution in [1.29, 1.82) is 0 Å². The quantitative estimate of drug-likeness (QED) is 0.766. The van der Waals surface area contributed by atoms with Crippen LogP contribution >= 0.6 is 11.3 Å². The first kappa shape index (κ1) is 21.3. The summed E-state index contributed by atoms with van der Waals surface area (Å²) in [6.07, 6.45) is 0. The molecule has 0 bridgehead atoms. The highest BCUT2D eigenvalue weighted by Gasteiger charge is 2.21. The van der Waals surface area contributed by atoms with E-state index in [1.54, 1.807) is 29.5 Å². The maximum atomic E-state index is 12.4. The summed E-state index contributed by atoms with van der Waals surface area (Å²) in [6.45, 7) is 6.70. The summed E-state index contributed by atoms with van der Waals surface area (Å²) >= 11 is 1.57. The fourth-order valence-electron chi connectivity index (χ4n) is 2.24. The Hall–Kier alpha value is -1.97. The Morgan fingerprint density at radius 1 is 1.15 bits per heavy atom. The smallest absolute Gasteiger partial charge is 0.315 e. The molecular weight excluding hydrogens is 384 g/mol. The van der Waals surface area contributed by atoms with Gasteiger partial charge in [0.05, 0.1) is 22.1 Å². The van der Waals surface area contributed by atoms with Crippen molar-refractivity contribution in [2.24, 2.45) is 0 Å². The molecule has 0 radical (unpaired) electrons. The standard InChI is InChI=1S/C18H26N4O3S2/c1-18(2,3)16-21-14(12-26-16)11-20-17(23)19-10-13-8-6-7-9-15(13)27(24,25)22(4)5/h6-9,12H,10-11H2,1-5H3,(H2,19,20,23). The van der Waals surface area contributed by atoms with Crippen LogP contribution in [-0.4, -0.2) is 37.8 Å². The Labute approximate surface area is 164 Å². The van der Waals surface area contributed by atoms with Crippen molar-refractivity contribution in [3.63, 3.8) is 0 Å². The number of hydrogen-bond donors (Lipinski definition) is 2. The molecule has 0 aliphatic heterocycles. The molecule has 7 nitrogen and oxygen atoms in total. The molecule has 9 heteroatoms. The first-order chi connectivity index (χ1) is 12.5. The Morgan fingerprint density at radius 2 is 1.78 bits per heavy atom. The number of hydrogen-bond acceptors (Lipinski definition) is 5. The minimum Gasteiger partial charge on any atom is -0.334 e. The Balaban J connectivity index is 1.96. The molecule has 2 N–H and O–H groups in total. The van der Waals surface area contributed by atoms with E-state index in [9.17, 15) is 13.2 Å². The number of rotatable bonds is 6. The molecule has 0 fully saturated rings. The normalized spacial score (nSPS) is 12.2. The summed E-state index contributed by atoms with van der Waals surface area (Å²) in [5.74, 6) is 0. The summed E-state index contributed by atoms with van der Waals surface area (Å²) < 4.78 is 25.9. The van der Waals surface area contributed by atoms with Gasteiger partial charge in [0.25, 0.3) is 0 Å². The maximum Gasteiger partial charge on any atom is 0.315 e. The molecule has 0 unspecified atom stereocenters. The van der Waals surface area contributed by atoms with Gasteiger partial charge in [0, 0.05) is 31.4 Å². The van der Waals surface area contributed by atoms with Crippen LogP contribution in [0.2, 0.25) is 0 Å². The highest BCUT2D eigenvalue weighted by molar-refractivity contribution is 7.89. The van der Waals surface area contributed by atoms with Gasteiger partial charge in [-0.25, -0.2) is 22.5 Å². The molecule has 1 aromatic heterocycles. The van der Waals surface area contributed by atoms with Gasteiger partial charge < -0.3 is 10.6 Å². The van der Waals surface area contributed by atoms with E-state index >= 15 is 0 Å². The summed E-state index contributed by atoms with van der Waals surface area (Å²) in [6, 6.07) is 6.25. The molecule has 2 amide bonds. The summed E-state index contributed by atoms with van der Waals surface area (Å²) in [7, 11) is -0.613. The Morgan fingerprint density at radius 3 is 2.37 bits per heavy atom. The first-order valence-corrected chi connectivity index (χ1v) is 10.8. The number of amides is 2. The van der Waals surface area contributed by atoms with Crippen LogP contribution in [0.1, 0.15) is 37.0 Å². The number of aromatic nitrogens is 1. The number of sulfonamides is 1. The van der Waals surface area contributed by atoms with Crippen molar-refractivity contribution in [3.05, 3.63) is 45.9 Å². The number of carbonyl (C=O) groups is 1. The monoisotopic (exact) mass is 410 g/mol. The molecule has 0 spiro atoms. The molecular formula is C18H26N4O3S2. The number of urea groups is 1. The molecule has 0 saturated heterocycles. The molecule has 0 aliphatic rings. The van der Waals surface area contributed by atoms with E-state index < -0.39 is 10.0 Å². The van der Waals surface area contributed by atoms with Gasteiger partial charge in [0.1, 0.15) is 0 Å². The molecule has 0 aliphatic carbocycles. The maximum absolute atomic E-state index is 12.4. The minimum absolute atomic E-state index is 0.0210. The third-order valence-corrected chi connectivity index (χ3v) is 7.03. The first-order valence-electron chi connectivity index (χ1n) is 8.49. The lowest BCUT2D eigenvalue weighted by Gasteiger charge is -2.15. The van der Waals surface area contributed by atoms with E-state index in [1.165, 1.54) is 20.2 Å². The van der Waals surface area contributed by atoms with E-state index in [1.807, 2.05) is 5.38 Å². The van der Waals surface area contributed by atoms with Gasteiger partial charge in [-0.3, -0.25) is 0 Å². The van der Waals surface area contributed by atoms with Crippen LogP contribution in [0.4, 0.5) is 4.79 Å². The number of nitrogens with zero attached hydrogens (tertiary/aromatic N) is 2. The number of benzene rings is 1. The fraction of sp³-hybridized carbons (Fsp3) is 0.444.